The quantitative estimate of drug-likeness (QED) is 0.0239. The van der Waals surface area contributed by atoms with Gasteiger partial charge in [-0.2, -0.15) is 0 Å². The minimum Gasteiger partial charge on any atom is -0.479 e. The number of ketones is 6. The first-order chi connectivity index (χ1) is 64.0. The maximum atomic E-state index is 11.7. The molecule has 0 amide bonds. The van der Waals surface area contributed by atoms with E-state index in [-0.39, 0.29) is 105 Å². The van der Waals surface area contributed by atoms with E-state index in [0.29, 0.717) is 52.9 Å². The molecule has 0 radical (unpaired) electrons. The van der Waals surface area contributed by atoms with E-state index >= 15 is 0 Å². The normalized spacial score (nSPS) is 12.7. The summed E-state index contributed by atoms with van der Waals surface area (Å²) in [6.07, 6.45) is -6.68. The lowest BCUT2D eigenvalue weighted by Crippen LogP contribution is -2.35. The van der Waals surface area contributed by atoms with E-state index < -0.39 is 210 Å². The van der Waals surface area contributed by atoms with Crippen molar-refractivity contribution in [3.05, 3.63) is 0 Å². The second-order valence-electron chi connectivity index (χ2n) is 39.1. The Morgan fingerprint density at radius 1 is 0.213 bits per heavy atom. The van der Waals surface area contributed by atoms with Gasteiger partial charge in [0, 0.05) is 32.5 Å². The minimum atomic E-state index is -1.14. The minimum absolute atomic E-state index is 0.0148. The van der Waals surface area contributed by atoms with Gasteiger partial charge in [0.25, 0.3) is 0 Å². The Labute approximate surface area is 827 Å². The summed E-state index contributed by atoms with van der Waals surface area (Å²) in [6, 6.07) is 0. The fraction of sp³-hybridized carbons (Fsp3) is 0.787. The van der Waals surface area contributed by atoms with Crippen molar-refractivity contribution >= 4 is 118 Å². The molecule has 47 heteroatoms. The average Bonchev–Trinajstić information content (AvgIpc) is 0.874. The Balaban J connectivity index is -0.000000199. The highest BCUT2D eigenvalue weighted by Crippen LogP contribution is 2.23. The van der Waals surface area contributed by atoms with E-state index in [1.54, 1.807) is 152 Å². The third-order valence-corrected chi connectivity index (χ3v) is 15.8. The zero-order valence-electron chi connectivity index (χ0n) is 89.1. The van der Waals surface area contributed by atoms with E-state index in [2.05, 4.69) is 33.2 Å². The Morgan fingerprint density at radius 2 is 0.468 bits per heavy atom. The lowest BCUT2D eigenvalue weighted by atomic mass is 9.88. The first kappa shape index (κ1) is 149. The highest BCUT2D eigenvalue weighted by atomic mass is 16.6. The number of carbonyl (C=O) groups excluding carboxylic acids is 19. The standard InChI is InChI=1S/C12H24O5.4C11H18O6.C11H20O5.C10H20O4.C9H16O5.C8H14O4/c1-12(2,3)11(14)10-17-9-8-16-7-6-15-5-4-13;2*1-7(17-9(14)5-12)10(15)16-6-8(13)11(2,3)4;2*1-7(10(15)11(2,3)4)17-9(14)6-16-8(13)5-12;1-7(6-12)15-9(13)8(2)16-10(14)11(3,4)5;1-10(2,3)9(12)8-14-7-6-13-5-4-11;1-9(2,3)8(12)14-6-7(11)13-5-4-10;1-5(6(9)10)12-7(11)8(2,3)4/h13H,4-10H2,1-3H3;4*7,12H,5-6H2,1-4H3;7-8,12H,6H2,1-5H3;11H,4-8H2,1-3H3;10H,4-6H2,1-3H3;5H,1-4H3,(H,9,10). The summed E-state index contributed by atoms with van der Waals surface area (Å²) in [5.74, 6) is -11.6. The zero-order valence-corrected chi connectivity index (χ0v) is 89.1. The van der Waals surface area contributed by atoms with Crippen molar-refractivity contribution in [2.24, 2.45) is 48.7 Å². The molecule has 0 spiro atoms. The van der Waals surface area contributed by atoms with Crippen LogP contribution in [0.2, 0.25) is 0 Å². The van der Waals surface area contributed by atoms with Crippen LogP contribution in [0.5, 0.6) is 0 Å². The van der Waals surface area contributed by atoms with Crippen molar-refractivity contribution < 1.29 is 227 Å². The molecule has 0 aliphatic heterocycles. The number of carboxylic acids is 1. The van der Waals surface area contributed by atoms with Gasteiger partial charge in [-0.25, -0.2) is 52.7 Å². The highest BCUT2D eigenvalue weighted by molar-refractivity contribution is 5.92. The fourth-order valence-electron chi connectivity index (χ4n) is 6.86. The molecule has 141 heavy (non-hydrogen) atoms. The van der Waals surface area contributed by atoms with E-state index in [9.17, 15) is 95.9 Å². The molecule has 0 aliphatic rings. The number of carbonyl (C=O) groups is 20. The predicted molar refractivity (Wildman–Crippen MR) is 498 cm³/mol. The van der Waals surface area contributed by atoms with Crippen molar-refractivity contribution in [2.75, 3.05) is 159 Å². The summed E-state index contributed by atoms with van der Waals surface area (Å²) < 4.78 is 85.7. The lowest BCUT2D eigenvalue weighted by Gasteiger charge is -2.21. The Kier molecular flexibility index (Phi) is 81.9. The highest BCUT2D eigenvalue weighted by Gasteiger charge is 2.35. The summed E-state index contributed by atoms with van der Waals surface area (Å²) in [5.41, 5.74) is -5.03. The number of aliphatic carboxylic acids is 1. The molecule has 0 aliphatic carbocycles. The van der Waals surface area contributed by atoms with Crippen LogP contribution in [-0.2, 0) is 181 Å². The Hall–Kier alpha value is -9.92. The first-order valence-corrected chi connectivity index (χ1v) is 44.6. The fourth-order valence-corrected chi connectivity index (χ4v) is 6.86. The molecule has 0 rings (SSSR count). The Bertz CT molecular complexity index is 3580. The van der Waals surface area contributed by atoms with Gasteiger partial charge in [0.2, 0.25) is 0 Å². The van der Waals surface area contributed by atoms with Crippen LogP contribution in [0.1, 0.15) is 235 Å². The van der Waals surface area contributed by atoms with Crippen LogP contribution in [0, 0.1) is 48.7 Å². The monoisotopic (exact) mass is 2050 g/mol. The van der Waals surface area contributed by atoms with Gasteiger partial charge in [0.05, 0.1) is 95.5 Å². The number of aliphatic hydroxyl groups excluding tert-OH is 8. The number of hydrogen-bond donors (Lipinski definition) is 9. The molecule has 0 aromatic rings. The molecule has 0 aromatic carbocycles. The number of hydrogen-bond acceptors (Lipinski definition) is 46. The molecular weight excluding hydrogens is 1880 g/mol. The topological polar surface area (TPSA) is 690 Å². The number of ether oxygens (including phenoxy) is 18. The molecule has 7 unspecified atom stereocenters. The van der Waals surface area contributed by atoms with Crippen LogP contribution >= 0.6 is 0 Å². The molecule has 0 saturated heterocycles. The molecule has 47 nitrogen and oxygen atoms in total. The van der Waals surface area contributed by atoms with Crippen LogP contribution in [0.25, 0.3) is 0 Å². The maximum absolute atomic E-state index is 11.7. The molecule has 0 bridgehead atoms. The molecule has 0 aromatic heterocycles. The largest absolute Gasteiger partial charge is 0.479 e. The van der Waals surface area contributed by atoms with Crippen LogP contribution in [0.4, 0.5) is 0 Å². The van der Waals surface area contributed by atoms with Gasteiger partial charge in [-0.05, 0) is 111 Å². The zero-order chi connectivity index (χ0) is 113. The summed E-state index contributed by atoms with van der Waals surface area (Å²) in [6.45, 7) is 54.1. The molecule has 0 saturated carbocycles. The number of rotatable bonds is 47. The summed E-state index contributed by atoms with van der Waals surface area (Å²) in [7, 11) is 0. The summed E-state index contributed by atoms with van der Waals surface area (Å²) in [4.78, 5) is 223. The third-order valence-electron chi connectivity index (χ3n) is 15.8. The van der Waals surface area contributed by atoms with Crippen molar-refractivity contribution in [2.45, 2.75) is 278 Å². The molecule has 9 N–H and O–H groups in total. The summed E-state index contributed by atoms with van der Waals surface area (Å²) in [5, 5.41) is 75.8. The van der Waals surface area contributed by atoms with Crippen LogP contribution in [0.15, 0.2) is 0 Å². The smallest absolute Gasteiger partial charge is 0.347 e. The molecule has 824 valence electrons. The van der Waals surface area contributed by atoms with Gasteiger partial charge in [0.1, 0.15) is 52.4 Å². The average molecular weight is 2050 g/mol. The second kappa shape index (κ2) is 77.6. The van der Waals surface area contributed by atoms with Crippen LogP contribution in [0.3, 0.4) is 0 Å². The maximum Gasteiger partial charge on any atom is 0.347 e. The van der Waals surface area contributed by atoms with Crippen molar-refractivity contribution in [3.63, 3.8) is 0 Å². The number of Topliss-reactive ketones (excluding diaryl/α,β-unsaturated/α-hetero) is 6. The number of esters is 13. The van der Waals surface area contributed by atoms with E-state index in [4.69, 9.17) is 98.1 Å². The SMILES string of the molecule is CC(C)(C)C(=O)COCCOCCO.CC(C)(C)C(=O)COCCOCCOCCO.CC(C)(C)C(=O)OCC(=O)OCCO.CC(CO)OC(=O)C(C)OC(=O)C(C)(C)C.CC(OC(=O)C(C)(C)C)C(=O)O.CC(OC(=O)CO)C(=O)OCC(=O)C(C)(C)C.CC(OC(=O)CO)C(=O)OCC(=O)C(C)(C)C.CC(OC(=O)COC(=O)CO)C(=O)C(C)(C)C.CC(OC(=O)COC(=O)CO)C(=O)C(C)(C)C. The van der Waals surface area contributed by atoms with Crippen LogP contribution < -0.4 is 0 Å². The molecular formula is C94H166O47. The number of carboxylic acid groups (broad SMARTS) is 1. The van der Waals surface area contributed by atoms with Gasteiger partial charge in [-0.3, -0.25) is 43.2 Å². The van der Waals surface area contributed by atoms with E-state index in [0.717, 1.165) is 0 Å². The summed E-state index contributed by atoms with van der Waals surface area (Å²) >= 11 is 0. The predicted octanol–water partition coefficient (Wildman–Crippen LogP) is 3.59. The van der Waals surface area contributed by atoms with Crippen LogP contribution in [-0.4, -0.2) is 366 Å². The molecule has 0 fully saturated rings. The Morgan fingerprint density at radius 3 is 0.723 bits per heavy atom. The first-order valence-electron chi connectivity index (χ1n) is 44.6. The van der Waals surface area contributed by atoms with Gasteiger partial charge in [-0.1, -0.05) is 125 Å². The van der Waals surface area contributed by atoms with Crippen molar-refractivity contribution in [1.82, 2.24) is 0 Å². The van der Waals surface area contributed by atoms with Gasteiger partial charge in [0.15, 0.2) is 104 Å². The second-order valence-corrected chi connectivity index (χ2v) is 39.1. The molecule has 0 heterocycles. The van der Waals surface area contributed by atoms with Gasteiger partial charge < -0.3 is 131 Å². The molecule has 7 atom stereocenters. The van der Waals surface area contributed by atoms with E-state index in [1.165, 1.54) is 41.5 Å². The van der Waals surface area contributed by atoms with Gasteiger partial charge in [-0.15, -0.1) is 0 Å². The van der Waals surface area contributed by atoms with Crippen molar-refractivity contribution in [3.8, 4) is 0 Å². The number of aliphatic hydroxyl groups is 8. The van der Waals surface area contributed by atoms with E-state index in [1.807, 2.05) is 41.5 Å². The van der Waals surface area contributed by atoms with Gasteiger partial charge >= 0.3 is 83.6 Å². The lowest BCUT2D eigenvalue weighted by molar-refractivity contribution is -0.175. The third kappa shape index (κ3) is 89.9. The van der Waals surface area contributed by atoms with Crippen molar-refractivity contribution in [1.29, 1.82) is 0 Å².